The molecule has 0 amide bonds. The minimum Gasteiger partial charge on any atom is -0.345 e. The number of nitrogens with zero attached hydrogens (tertiary/aromatic N) is 1. The SMILES string of the molecule is Cc1cc(C=O)c(C)n1C1CCc2ccccc2C1. The zero-order chi connectivity index (χ0) is 13.4. The highest BCUT2D eigenvalue weighted by atomic mass is 16.1. The summed E-state index contributed by atoms with van der Waals surface area (Å²) in [5.41, 5.74) is 6.08. The third-order valence-electron chi connectivity index (χ3n) is 4.34. The van der Waals surface area contributed by atoms with Gasteiger partial charge in [-0.05, 0) is 50.3 Å². The predicted molar refractivity (Wildman–Crippen MR) is 76.8 cm³/mol. The Balaban J connectivity index is 1.97. The van der Waals surface area contributed by atoms with Crippen LogP contribution in [0.3, 0.4) is 0 Å². The number of aldehydes is 1. The van der Waals surface area contributed by atoms with Crippen LogP contribution in [0.25, 0.3) is 0 Å². The van der Waals surface area contributed by atoms with Crippen LogP contribution >= 0.6 is 0 Å². The molecule has 1 aromatic carbocycles. The molecule has 0 fully saturated rings. The number of rotatable bonds is 2. The highest BCUT2D eigenvalue weighted by Gasteiger charge is 2.22. The molecule has 1 aromatic heterocycles. The summed E-state index contributed by atoms with van der Waals surface area (Å²) in [5.74, 6) is 0. The molecule has 1 unspecified atom stereocenters. The molecule has 98 valence electrons. The molecule has 2 heteroatoms. The van der Waals surface area contributed by atoms with E-state index in [0.717, 1.165) is 36.8 Å². The average Bonchev–Trinajstić information content (AvgIpc) is 2.73. The van der Waals surface area contributed by atoms with Gasteiger partial charge in [0.1, 0.15) is 0 Å². The maximum Gasteiger partial charge on any atom is 0.151 e. The van der Waals surface area contributed by atoms with Gasteiger partial charge >= 0.3 is 0 Å². The summed E-state index contributed by atoms with van der Waals surface area (Å²) < 4.78 is 2.35. The van der Waals surface area contributed by atoms with E-state index in [2.05, 4.69) is 42.7 Å². The van der Waals surface area contributed by atoms with Crippen LogP contribution in [0.15, 0.2) is 30.3 Å². The van der Waals surface area contributed by atoms with Crippen LogP contribution in [0.4, 0.5) is 0 Å². The molecule has 0 spiro atoms. The van der Waals surface area contributed by atoms with Crippen molar-refractivity contribution < 1.29 is 4.79 Å². The fraction of sp³-hybridized carbons (Fsp3) is 0.353. The first-order valence-corrected chi connectivity index (χ1v) is 6.91. The fourth-order valence-electron chi connectivity index (χ4n) is 3.38. The Bertz CT molecular complexity index is 624. The Kier molecular flexibility index (Phi) is 3.02. The lowest BCUT2D eigenvalue weighted by atomic mass is 9.88. The second kappa shape index (κ2) is 4.69. The average molecular weight is 253 g/mol. The van der Waals surface area contributed by atoms with Crippen LogP contribution in [0.2, 0.25) is 0 Å². The van der Waals surface area contributed by atoms with Crippen molar-refractivity contribution >= 4 is 6.29 Å². The van der Waals surface area contributed by atoms with Gasteiger partial charge < -0.3 is 4.57 Å². The first-order valence-electron chi connectivity index (χ1n) is 6.91. The number of aromatic nitrogens is 1. The van der Waals surface area contributed by atoms with E-state index >= 15 is 0 Å². The van der Waals surface area contributed by atoms with Gasteiger partial charge in [-0.15, -0.1) is 0 Å². The van der Waals surface area contributed by atoms with Crippen LogP contribution in [-0.4, -0.2) is 10.9 Å². The number of hydrogen-bond donors (Lipinski definition) is 0. The third-order valence-corrected chi connectivity index (χ3v) is 4.34. The lowest BCUT2D eigenvalue weighted by molar-refractivity contribution is 0.112. The largest absolute Gasteiger partial charge is 0.345 e. The van der Waals surface area contributed by atoms with Crippen molar-refractivity contribution in [3.63, 3.8) is 0 Å². The molecule has 0 radical (unpaired) electrons. The summed E-state index contributed by atoms with van der Waals surface area (Å²) in [6, 6.07) is 11.2. The molecule has 1 heterocycles. The van der Waals surface area contributed by atoms with E-state index in [9.17, 15) is 4.79 Å². The van der Waals surface area contributed by atoms with E-state index in [0.29, 0.717) is 6.04 Å². The number of hydrogen-bond acceptors (Lipinski definition) is 1. The van der Waals surface area contributed by atoms with E-state index in [1.165, 1.54) is 16.8 Å². The Hall–Kier alpha value is -1.83. The van der Waals surface area contributed by atoms with Crippen LogP contribution in [-0.2, 0) is 12.8 Å². The number of carbonyl (C=O) groups excluding carboxylic acids is 1. The van der Waals surface area contributed by atoms with Gasteiger partial charge in [0, 0.05) is 23.0 Å². The zero-order valence-electron chi connectivity index (χ0n) is 11.5. The summed E-state index contributed by atoms with van der Waals surface area (Å²) >= 11 is 0. The summed E-state index contributed by atoms with van der Waals surface area (Å²) in [6.45, 7) is 4.15. The zero-order valence-corrected chi connectivity index (χ0v) is 11.5. The Morgan fingerprint density at radius 3 is 2.63 bits per heavy atom. The molecule has 2 nitrogen and oxygen atoms in total. The number of carbonyl (C=O) groups is 1. The van der Waals surface area contributed by atoms with Crippen LogP contribution < -0.4 is 0 Å². The molecular weight excluding hydrogens is 234 g/mol. The Morgan fingerprint density at radius 2 is 1.95 bits per heavy atom. The van der Waals surface area contributed by atoms with Gasteiger partial charge in [0.15, 0.2) is 6.29 Å². The van der Waals surface area contributed by atoms with Gasteiger partial charge in [-0.25, -0.2) is 0 Å². The van der Waals surface area contributed by atoms with Gasteiger partial charge in [0.05, 0.1) is 0 Å². The van der Waals surface area contributed by atoms with Crippen LogP contribution in [0.5, 0.6) is 0 Å². The molecule has 0 saturated carbocycles. The van der Waals surface area contributed by atoms with E-state index < -0.39 is 0 Å². The van der Waals surface area contributed by atoms with E-state index in [4.69, 9.17) is 0 Å². The normalized spacial score (nSPS) is 18.1. The predicted octanol–water partition coefficient (Wildman–Crippen LogP) is 3.65. The molecule has 0 aliphatic heterocycles. The highest BCUT2D eigenvalue weighted by Crippen LogP contribution is 2.31. The van der Waals surface area contributed by atoms with Crippen molar-refractivity contribution in [1.82, 2.24) is 4.57 Å². The summed E-state index contributed by atoms with van der Waals surface area (Å²) in [4.78, 5) is 11.1. The molecular formula is C17H19NO. The third kappa shape index (κ3) is 2.01. The number of benzene rings is 1. The van der Waals surface area contributed by atoms with Gasteiger partial charge in [-0.3, -0.25) is 4.79 Å². The maximum atomic E-state index is 11.1. The van der Waals surface area contributed by atoms with Crippen molar-refractivity contribution in [2.45, 2.75) is 39.2 Å². The van der Waals surface area contributed by atoms with Gasteiger partial charge in [0.2, 0.25) is 0 Å². The monoisotopic (exact) mass is 253 g/mol. The van der Waals surface area contributed by atoms with Crippen molar-refractivity contribution in [2.75, 3.05) is 0 Å². The topological polar surface area (TPSA) is 22.0 Å². The number of fused-ring (bicyclic) bond motifs is 1. The van der Waals surface area contributed by atoms with Crippen LogP contribution in [0, 0.1) is 13.8 Å². The molecule has 3 rings (SSSR count). The van der Waals surface area contributed by atoms with E-state index in [1.807, 2.05) is 6.07 Å². The molecule has 0 bridgehead atoms. The van der Waals surface area contributed by atoms with E-state index in [-0.39, 0.29) is 0 Å². The van der Waals surface area contributed by atoms with Crippen molar-refractivity contribution in [1.29, 1.82) is 0 Å². The summed E-state index contributed by atoms with van der Waals surface area (Å²) in [7, 11) is 0. The van der Waals surface area contributed by atoms with Crippen molar-refractivity contribution in [3.8, 4) is 0 Å². The summed E-state index contributed by atoms with van der Waals surface area (Å²) in [6.07, 6.45) is 4.33. The quantitative estimate of drug-likeness (QED) is 0.749. The van der Waals surface area contributed by atoms with Crippen LogP contribution in [0.1, 0.15) is 45.3 Å². The Labute approximate surface area is 114 Å². The van der Waals surface area contributed by atoms with Gasteiger partial charge in [0.25, 0.3) is 0 Å². The smallest absolute Gasteiger partial charge is 0.151 e. The lowest BCUT2D eigenvalue weighted by Gasteiger charge is -2.28. The molecule has 2 aromatic rings. The molecule has 1 aliphatic rings. The first-order chi connectivity index (χ1) is 9.20. The second-order valence-electron chi connectivity index (χ2n) is 5.48. The van der Waals surface area contributed by atoms with Crippen molar-refractivity contribution in [3.05, 3.63) is 58.4 Å². The molecule has 0 saturated heterocycles. The molecule has 1 aliphatic carbocycles. The Morgan fingerprint density at radius 1 is 1.21 bits per heavy atom. The second-order valence-corrected chi connectivity index (χ2v) is 5.48. The number of aryl methyl sites for hydroxylation is 2. The summed E-state index contributed by atoms with van der Waals surface area (Å²) in [5, 5.41) is 0. The molecule has 19 heavy (non-hydrogen) atoms. The van der Waals surface area contributed by atoms with E-state index in [1.54, 1.807) is 0 Å². The molecule has 0 N–H and O–H groups in total. The first kappa shape index (κ1) is 12.2. The standard InChI is InChI=1S/C17H19NO/c1-12-9-16(11-19)13(2)18(12)17-8-7-14-5-3-4-6-15(14)10-17/h3-6,9,11,17H,7-8,10H2,1-2H3. The fourth-order valence-corrected chi connectivity index (χ4v) is 3.38. The lowest BCUT2D eigenvalue weighted by Crippen LogP contribution is -2.20. The maximum absolute atomic E-state index is 11.1. The minimum atomic E-state index is 0.489. The van der Waals surface area contributed by atoms with Gasteiger partial charge in [-0.2, -0.15) is 0 Å². The molecule has 1 atom stereocenters. The minimum absolute atomic E-state index is 0.489. The highest BCUT2D eigenvalue weighted by molar-refractivity contribution is 5.77. The van der Waals surface area contributed by atoms with Crippen molar-refractivity contribution in [2.24, 2.45) is 0 Å². The van der Waals surface area contributed by atoms with Gasteiger partial charge in [-0.1, -0.05) is 24.3 Å².